The molecule has 126 valence electrons. The number of benzene rings is 1. The molecule has 1 aliphatic rings. The molecule has 24 heavy (non-hydrogen) atoms. The molecule has 0 radical (unpaired) electrons. The second kappa shape index (κ2) is 7.77. The molecule has 1 saturated carbocycles. The first-order valence-electron chi connectivity index (χ1n) is 8.42. The molecule has 0 bridgehead atoms. The van der Waals surface area contributed by atoms with Crippen LogP contribution in [-0.2, 0) is 4.79 Å². The first-order chi connectivity index (χ1) is 11.7. The van der Waals surface area contributed by atoms with Gasteiger partial charge in [-0.2, -0.15) is 0 Å². The van der Waals surface area contributed by atoms with E-state index in [-0.39, 0.29) is 5.91 Å². The van der Waals surface area contributed by atoms with E-state index in [0.29, 0.717) is 6.04 Å². The van der Waals surface area contributed by atoms with Crippen molar-refractivity contribution in [3.63, 3.8) is 0 Å². The Morgan fingerprint density at radius 2 is 1.67 bits per heavy atom. The topological polar surface area (TPSA) is 78.9 Å². The molecule has 1 aromatic heterocycles. The summed E-state index contributed by atoms with van der Waals surface area (Å²) in [5, 5.41) is 9.51. The normalized spacial score (nSPS) is 14.9. The van der Waals surface area contributed by atoms with Crippen LogP contribution in [0.2, 0.25) is 0 Å². The molecule has 1 amide bonds. The van der Waals surface area contributed by atoms with Gasteiger partial charge in [0.15, 0.2) is 0 Å². The smallest absolute Gasteiger partial charge is 0.221 e. The maximum atomic E-state index is 11.0. The van der Waals surface area contributed by atoms with Gasteiger partial charge in [-0.25, -0.2) is 9.97 Å². The van der Waals surface area contributed by atoms with Crippen molar-refractivity contribution in [1.82, 2.24) is 9.97 Å². The molecular weight excluding hydrogens is 302 g/mol. The molecule has 1 heterocycles. The highest BCUT2D eigenvalue weighted by atomic mass is 16.1. The zero-order valence-corrected chi connectivity index (χ0v) is 13.9. The van der Waals surface area contributed by atoms with Crippen LogP contribution in [0.25, 0.3) is 0 Å². The van der Waals surface area contributed by atoms with E-state index < -0.39 is 0 Å². The van der Waals surface area contributed by atoms with Crippen LogP contribution < -0.4 is 16.0 Å². The lowest BCUT2D eigenvalue weighted by atomic mass is 9.95. The summed E-state index contributed by atoms with van der Waals surface area (Å²) in [6.07, 6.45) is 7.89. The SMILES string of the molecule is CC(=O)Nc1ccc(Nc2cc(NC3CCCCC3)ncn2)cc1. The number of amides is 1. The highest BCUT2D eigenvalue weighted by Crippen LogP contribution is 2.22. The number of hydrogen-bond donors (Lipinski definition) is 3. The number of nitrogens with one attached hydrogen (secondary N) is 3. The maximum absolute atomic E-state index is 11.0. The monoisotopic (exact) mass is 325 g/mol. The van der Waals surface area contributed by atoms with Crippen molar-refractivity contribution in [2.75, 3.05) is 16.0 Å². The Kier molecular flexibility index (Phi) is 5.25. The first-order valence-corrected chi connectivity index (χ1v) is 8.42. The van der Waals surface area contributed by atoms with E-state index in [1.807, 2.05) is 30.3 Å². The number of aromatic nitrogens is 2. The van der Waals surface area contributed by atoms with Gasteiger partial charge < -0.3 is 16.0 Å². The van der Waals surface area contributed by atoms with E-state index in [0.717, 1.165) is 23.0 Å². The van der Waals surface area contributed by atoms with Gasteiger partial charge >= 0.3 is 0 Å². The summed E-state index contributed by atoms with van der Waals surface area (Å²) in [4.78, 5) is 19.6. The molecule has 0 spiro atoms. The Balaban J connectivity index is 1.62. The fourth-order valence-corrected chi connectivity index (χ4v) is 2.95. The molecule has 3 rings (SSSR count). The van der Waals surface area contributed by atoms with E-state index in [1.54, 1.807) is 6.33 Å². The summed E-state index contributed by atoms with van der Waals surface area (Å²) < 4.78 is 0. The van der Waals surface area contributed by atoms with E-state index in [1.165, 1.54) is 39.0 Å². The number of carbonyl (C=O) groups is 1. The average Bonchev–Trinajstić information content (AvgIpc) is 2.57. The van der Waals surface area contributed by atoms with E-state index in [4.69, 9.17) is 0 Å². The summed E-state index contributed by atoms with van der Waals surface area (Å²) in [5.74, 6) is 1.52. The molecule has 6 heteroatoms. The Bertz CT molecular complexity index is 680. The quantitative estimate of drug-likeness (QED) is 0.776. The minimum absolute atomic E-state index is 0.0788. The second-order valence-electron chi connectivity index (χ2n) is 6.15. The Morgan fingerprint density at radius 1 is 1.00 bits per heavy atom. The van der Waals surface area contributed by atoms with Crippen molar-refractivity contribution in [1.29, 1.82) is 0 Å². The summed E-state index contributed by atoms with van der Waals surface area (Å²) in [5.41, 5.74) is 1.68. The zero-order valence-electron chi connectivity index (χ0n) is 13.9. The van der Waals surface area contributed by atoms with Gasteiger partial charge in [0, 0.05) is 30.4 Å². The minimum atomic E-state index is -0.0788. The Morgan fingerprint density at radius 3 is 2.38 bits per heavy atom. The summed E-state index contributed by atoms with van der Waals surface area (Å²) in [7, 11) is 0. The fourth-order valence-electron chi connectivity index (χ4n) is 2.95. The van der Waals surface area contributed by atoms with Gasteiger partial charge in [-0.3, -0.25) is 4.79 Å². The van der Waals surface area contributed by atoms with Crippen LogP contribution in [0.5, 0.6) is 0 Å². The van der Waals surface area contributed by atoms with Crippen LogP contribution in [-0.4, -0.2) is 21.9 Å². The number of nitrogens with zero attached hydrogens (tertiary/aromatic N) is 2. The molecule has 6 nitrogen and oxygen atoms in total. The van der Waals surface area contributed by atoms with E-state index >= 15 is 0 Å². The maximum Gasteiger partial charge on any atom is 0.221 e. The number of rotatable bonds is 5. The fraction of sp³-hybridized carbons (Fsp3) is 0.389. The molecule has 1 fully saturated rings. The van der Waals surface area contributed by atoms with Crippen molar-refractivity contribution in [3.8, 4) is 0 Å². The van der Waals surface area contributed by atoms with Crippen LogP contribution in [0, 0.1) is 0 Å². The molecule has 0 atom stereocenters. The van der Waals surface area contributed by atoms with E-state index in [2.05, 4.69) is 25.9 Å². The predicted octanol–water partition coefficient (Wildman–Crippen LogP) is 3.92. The second-order valence-corrected chi connectivity index (χ2v) is 6.15. The third-order valence-electron chi connectivity index (χ3n) is 4.10. The van der Waals surface area contributed by atoms with Crippen LogP contribution >= 0.6 is 0 Å². The standard InChI is InChI=1S/C18H23N5O/c1-13(24)21-15-7-9-16(10-8-15)23-18-11-17(19-12-20-18)22-14-5-3-2-4-6-14/h7-12,14H,2-6H2,1H3,(H,21,24)(H2,19,20,22,23). The summed E-state index contributed by atoms with van der Waals surface area (Å²) in [6, 6.07) is 9.95. The van der Waals surface area contributed by atoms with Gasteiger partial charge in [0.1, 0.15) is 18.0 Å². The molecule has 0 aliphatic heterocycles. The molecule has 0 unspecified atom stereocenters. The third-order valence-corrected chi connectivity index (χ3v) is 4.10. The van der Waals surface area contributed by atoms with Gasteiger partial charge in [-0.05, 0) is 37.1 Å². The largest absolute Gasteiger partial charge is 0.367 e. The molecular formula is C18H23N5O. The number of hydrogen-bond acceptors (Lipinski definition) is 5. The van der Waals surface area contributed by atoms with Crippen molar-refractivity contribution in [2.45, 2.75) is 45.1 Å². The van der Waals surface area contributed by atoms with Gasteiger partial charge in [0.25, 0.3) is 0 Å². The van der Waals surface area contributed by atoms with Crippen molar-refractivity contribution >= 4 is 28.9 Å². The van der Waals surface area contributed by atoms with Gasteiger partial charge in [0.05, 0.1) is 0 Å². The van der Waals surface area contributed by atoms with Gasteiger partial charge in [0.2, 0.25) is 5.91 Å². The number of carbonyl (C=O) groups excluding carboxylic acids is 1. The van der Waals surface area contributed by atoms with E-state index in [9.17, 15) is 4.79 Å². The highest BCUT2D eigenvalue weighted by molar-refractivity contribution is 5.88. The highest BCUT2D eigenvalue weighted by Gasteiger charge is 2.13. The van der Waals surface area contributed by atoms with Crippen molar-refractivity contribution in [3.05, 3.63) is 36.7 Å². The predicted molar refractivity (Wildman–Crippen MR) is 96.6 cm³/mol. The van der Waals surface area contributed by atoms with Crippen molar-refractivity contribution in [2.24, 2.45) is 0 Å². The lowest BCUT2D eigenvalue weighted by molar-refractivity contribution is -0.114. The van der Waals surface area contributed by atoms with Crippen LogP contribution in [0.15, 0.2) is 36.7 Å². The minimum Gasteiger partial charge on any atom is -0.367 e. The third kappa shape index (κ3) is 4.68. The number of anilines is 4. The van der Waals surface area contributed by atoms with Crippen LogP contribution in [0.1, 0.15) is 39.0 Å². The summed E-state index contributed by atoms with van der Waals surface area (Å²) >= 11 is 0. The molecule has 3 N–H and O–H groups in total. The first kappa shape index (κ1) is 16.2. The van der Waals surface area contributed by atoms with Gasteiger partial charge in [-0.1, -0.05) is 19.3 Å². The van der Waals surface area contributed by atoms with Crippen LogP contribution in [0.4, 0.5) is 23.0 Å². The van der Waals surface area contributed by atoms with Crippen LogP contribution in [0.3, 0.4) is 0 Å². The molecule has 0 saturated heterocycles. The van der Waals surface area contributed by atoms with Gasteiger partial charge in [-0.15, -0.1) is 0 Å². The van der Waals surface area contributed by atoms with Crippen molar-refractivity contribution < 1.29 is 4.79 Å². The lowest BCUT2D eigenvalue weighted by Gasteiger charge is -2.23. The molecule has 1 aromatic carbocycles. The molecule has 1 aliphatic carbocycles. The Labute approximate surface area is 142 Å². The lowest BCUT2D eigenvalue weighted by Crippen LogP contribution is -2.22. The Hall–Kier alpha value is -2.63. The molecule has 2 aromatic rings. The summed E-state index contributed by atoms with van der Waals surface area (Å²) in [6.45, 7) is 1.49. The average molecular weight is 325 g/mol. The zero-order chi connectivity index (χ0) is 16.8.